The molecule has 0 radical (unpaired) electrons. The number of nitrogens with zero attached hydrogens (tertiary/aromatic N) is 5. The van der Waals surface area contributed by atoms with Crippen LogP contribution in [0, 0.1) is 0 Å². The number of allylic oxidation sites excluding steroid dienone is 1. The summed E-state index contributed by atoms with van der Waals surface area (Å²) in [6.07, 6.45) is 15.1. The van der Waals surface area contributed by atoms with Gasteiger partial charge in [-0.25, -0.2) is 4.21 Å². The molecule has 3 unspecified atom stereocenters. The van der Waals surface area contributed by atoms with E-state index >= 15 is 0 Å². The average Bonchev–Trinajstić information content (AvgIpc) is 3.87. The fourth-order valence-electron chi connectivity index (χ4n) is 9.10. The zero-order valence-corrected chi connectivity index (χ0v) is 31.6. The van der Waals surface area contributed by atoms with Gasteiger partial charge in [0.1, 0.15) is 16.7 Å². The van der Waals surface area contributed by atoms with Gasteiger partial charge in [0.15, 0.2) is 6.29 Å². The summed E-state index contributed by atoms with van der Waals surface area (Å²) in [6, 6.07) is 13.8. The van der Waals surface area contributed by atoms with E-state index < -0.39 is 11.0 Å². The Labute approximate surface area is 308 Å². The van der Waals surface area contributed by atoms with Gasteiger partial charge >= 0.3 is 0 Å². The number of rotatable bonds is 7. The zero-order valence-electron chi connectivity index (χ0n) is 30.8. The van der Waals surface area contributed by atoms with E-state index in [0.717, 1.165) is 88.8 Å². The number of hydrogen-bond acceptors (Lipinski definition) is 7. The number of aromatic nitrogens is 3. The molecule has 2 aromatic carbocycles. The summed E-state index contributed by atoms with van der Waals surface area (Å²) in [5.74, 6) is 0.843. The molecular weight excluding hydrogens is 673 g/mol. The minimum atomic E-state index is -1.36. The van der Waals surface area contributed by atoms with Gasteiger partial charge in [-0.2, -0.15) is 5.10 Å². The average molecular weight is 723 g/mol. The summed E-state index contributed by atoms with van der Waals surface area (Å²) < 4.78 is 24.9. The van der Waals surface area contributed by atoms with Crippen LogP contribution in [0.15, 0.2) is 42.6 Å². The summed E-state index contributed by atoms with van der Waals surface area (Å²) in [7, 11) is 6.66. The molecule has 9 rings (SSSR count). The molecule has 2 bridgehead atoms. The molecule has 5 heterocycles. The quantitative estimate of drug-likeness (QED) is 0.220. The Morgan fingerprint density at radius 3 is 2.38 bits per heavy atom. The number of methoxy groups -OCH3 is 1. The number of ether oxygens (including phenoxy) is 1. The number of benzene rings is 2. The second kappa shape index (κ2) is 14.4. The monoisotopic (exact) mass is 722 g/mol. The normalized spacial score (nSPS) is 22.4. The summed E-state index contributed by atoms with van der Waals surface area (Å²) in [6.45, 7) is 3.06. The Kier molecular flexibility index (Phi) is 9.69. The zero-order chi connectivity index (χ0) is 36.1. The minimum Gasteiger partial charge on any atom is -0.497 e. The van der Waals surface area contributed by atoms with Crippen LogP contribution in [0.25, 0.3) is 33.8 Å². The first-order valence-corrected chi connectivity index (χ1v) is 20.1. The van der Waals surface area contributed by atoms with Crippen molar-refractivity contribution >= 4 is 45.7 Å². The largest absolute Gasteiger partial charge is 0.497 e. The lowest BCUT2D eigenvalue weighted by molar-refractivity contribution is 0.0982. The Balaban J connectivity index is 0.000000332. The van der Waals surface area contributed by atoms with E-state index in [-0.39, 0.29) is 11.2 Å². The van der Waals surface area contributed by atoms with Crippen molar-refractivity contribution in [3.8, 4) is 17.0 Å². The molecule has 274 valence electrons. The lowest BCUT2D eigenvalue weighted by Gasteiger charge is -2.36. The smallest absolute Gasteiger partial charge is 0.263 e. The number of nitrogens with one attached hydrogen (secondary N) is 1. The summed E-state index contributed by atoms with van der Waals surface area (Å²) in [5, 5.41) is 5.59. The second-order valence-corrected chi connectivity index (χ2v) is 16.9. The minimum absolute atomic E-state index is 0.0623. The van der Waals surface area contributed by atoms with Crippen LogP contribution >= 0.6 is 0 Å². The van der Waals surface area contributed by atoms with E-state index in [1.54, 1.807) is 18.0 Å². The number of fused-ring (bicyclic) bond motifs is 7. The lowest BCUT2D eigenvalue weighted by Crippen LogP contribution is -2.50. The number of carbonyl (C=O) groups excluding carboxylic acids is 2. The second-order valence-electron chi connectivity index (χ2n) is 15.4. The molecule has 4 fully saturated rings. The van der Waals surface area contributed by atoms with Crippen molar-refractivity contribution in [1.29, 1.82) is 0 Å². The third-order valence-electron chi connectivity index (χ3n) is 12.0. The van der Waals surface area contributed by atoms with E-state index in [0.29, 0.717) is 23.6 Å². The van der Waals surface area contributed by atoms with Crippen molar-refractivity contribution in [2.75, 3.05) is 34.3 Å². The van der Waals surface area contributed by atoms with Crippen LogP contribution < -0.4 is 9.46 Å². The van der Waals surface area contributed by atoms with E-state index in [4.69, 9.17) is 4.74 Å². The van der Waals surface area contributed by atoms with Gasteiger partial charge in [0.25, 0.3) is 5.91 Å². The van der Waals surface area contributed by atoms with Crippen LogP contribution in [0.1, 0.15) is 101 Å². The molecule has 2 saturated heterocycles. The molecule has 10 nitrogen and oxygen atoms in total. The highest BCUT2D eigenvalue weighted by Gasteiger charge is 2.36. The van der Waals surface area contributed by atoms with Gasteiger partial charge in [-0.3, -0.25) is 23.9 Å². The first kappa shape index (κ1) is 35.0. The predicted octanol–water partition coefficient (Wildman–Crippen LogP) is 6.42. The van der Waals surface area contributed by atoms with Crippen LogP contribution in [-0.4, -0.2) is 92.2 Å². The molecule has 2 aliphatic carbocycles. The molecule has 1 N–H and O–H groups in total. The van der Waals surface area contributed by atoms with Crippen molar-refractivity contribution in [2.24, 2.45) is 7.05 Å². The van der Waals surface area contributed by atoms with Crippen molar-refractivity contribution in [3.05, 3.63) is 70.5 Å². The van der Waals surface area contributed by atoms with Crippen molar-refractivity contribution in [2.45, 2.75) is 87.6 Å². The van der Waals surface area contributed by atoms with Crippen molar-refractivity contribution in [1.82, 2.24) is 28.9 Å². The van der Waals surface area contributed by atoms with Crippen molar-refractivity contribution < 1.29 is 18.5 Å². The fraction of sp³-hybridized carbons (Fsp3) is 0.488. The van der Waals surface area contributed by atoms with Gasteiger partial charge in [0.05, 0.1) is 42.1 Å². The lowest BCUT2D eigenvalue weighted by atomic mass is 9.81. The van der Waals surface area contributed by atoms with Crippen LogP contribution in [0.3, 0.4) is 0 Å². The van der Waals surface area contributed by atoms with E-state index in [9.17, 15) is 13.8 Å². The highest BCUT2D eigenvalue weighted by atomic mass is 32.2. The number of aryl methyl sites for hydroxylation is 1. The Morgan fingerprint density at radius 2 is 1.69 bits per heavy atom. The number of piperazine rings is 1. The number of aldehydes is 1. The van der Waals surface area contributed by atoms with Crippen LogP contribution in [0.4, 0.5) is 0 Å². The first-order chi connectivity index (χ1) is 25.2. The molecule has 5 aliphatic rings. The third kappa shape index (κ3) is 6.56. The standard InChI is InChI=1S/C33H34N4O4S.C8H16N2/c1-36-31(24(19-38)17-34-36)23-14-22-15-25(41-2)9-13-27(22)32-30(20-6-4-3-5-7-20)28-12-8-21(16-29(28)37(32)18-23)33(39)35-42(40)26-10-11-26;1-9-5-7-3-4-8(6-9)10(7)2/h8-9,12-17,19-20,26H,3-7,10-11,18H2,1-2H3,(H,35,39);7-8H,3-6H2,1-2H3. The topological polar surface area (TPSA) is 102 Å². The number of hydrogen-bond donors (Lipinski definition) is 1. The maximum absolute atomic E-state index is 13.2. The Morgan fingerprint density at radius 1 is 0.942 bits per heavy atom. The van der Waals surface area contributed by atoms with Gasteiger partial charge in [-0.1, -0.05) is 25.3 Å². The fourth-order valence-corrected chi connectivity index (χ4v) is 10.1. The maximum Gasteiger partial charge on any atom is 0.263 e. The highest BCUT2D eigenvalue weighted by molar-refractivity contribution is 7.84. The molecule has 1 amide bonds. The summed E-state index contributed by atoms with van der Waals surface area (Å²) in [5.41, 5.74) is 8.27. The molecule has 4 aromatic rings. The number of amides is 1. The number of carbonyl (C=O) groups is 2. The third-order valence-corrected chi connectivity index (χ3v) is 13.5. The van der Waals surface area contributed by atoms with Crippen LogP contribution in [-0.2, 0) is 24.6 Å². The molecule has 3 aliphatic heterocycles. The van der Waals surface area contributed by atoms with Crippen LogP contribution in [0.2, 0.25) is 0 Å². The van der Waals surface area contributed by atoms with E-state index in [2.05, 4.69) is 62.6 Å². The molecule has 3 atom stereocenters. The Hall–Kier alpha value is -4.06. The maximum atomic E-state index is 13.2. The van der Waals surface area contributed by atoms with Gasteiger partial charge in [0, 0.05) is 54.3 Å². The van der Waals surface area contributed by atoms with Gasteiger partial charge in [-0.15, -0.1) is 0 Å². The summed E-state index contributed by atoms with van der Waals surface area (Å²) in [4.78, 5) is 30.3. The molecule has 2 aromatic heterocycles. The number of likely N-dealkylation sites (N-methyl/N-ethyl adjacent to an activating group) is 2. The van der Waals surface area contributed by atoms with E-state index in [1.165, 1.54) is 50.8 Å². The summed E-state index contributed by atoms with van der Waals surface area (Å²) >= 11 is 0. The van der Waals surface area contributed by atoms with Gasteiger partial charge in [-0.05, 0) is 112 Å². The molecule has 0 spiro atoms. The highest BCUT2D eigenvalue weighted by Crippen LogP contribution is 2.48. The number of likely N-dealkylation sites (tertiary alicyclic amines) is 1. The van der Waals surface area contributed by atoms with Gasteiger partial charge < -0.3 is 14.2 Å². The Bertz CT molecular complexity index is 2060. The molecule has 2 saturated carbocycles. The van der Waals surface area contributed by atoms with E-state index in [1.807, 2.05) is 25.2 Å². The molecule has 11 heteroatoms. The van der Waals surface area contributed by atoms with Crippen molar-refractivity contribution in [3.63, 3.8) is 0 Å². The van der Waals surface area contributed by atoms with Gasteiger partial charge in [0.2, 0.25) is 0 Å². The molecule has 52 heavy (non-hydrogen) atoms. The molecular formula is C41H50N6O4S. The van der Waals surface area contributed by atoms with Crippen LogP contribution in [0.5, 0.6) is 5.75 Å². The predicted molar refractivity (Wildman–Crippen MR) is 207 cm³/mol. The first-order valence-electron chi connectivity index (χ1n) is 18.9. The SMILES string of the molecule is CN1CC2CCC(C1)N2C.COc1ccc2c(c1)C=C(c1c(C=O)cnn1C)Cn1c-2c(C2CCCCC2)c2ccc(C(=O)NS(=O)C3CC3)cc21.